The highest BCUT2D eigenvalue weighted by atomic mass is 19.2. The number of rotatable bonds is 6. The van der Waals surface area contributed by atoms with Crippen molar-refractivity contribution in [3.05, 3.63) is 65.7 Å². The fraction of sp³-hybridized carbons (Fsp3) is 0.211. The quantitative estimate of drug-likeness (QED) is 0.651. The van der Waals surface area contributed by atoms with Crippen molar-refractivity contribution < 1.29 is 18.4 Å². The van der Waals surface area contributed by atoms with Gasteiger partial charge in [-0.1, -0.05) is 19.4 Å². The summed E-state index contributed by atoms with van der Waals surface area (Å²) in [6.07, 6.45) is 3.40. The average molecular weight is 372 g/mol. The Balaban J connectivity index is 1.90. The molecule has 8 heteroatoms. The van der Waals surface area contributed by atoms with Crippen LogP contribution in [-0.4, -0.2) is 27.7 Å². The minimum Gasteiger partial charge on any atom is -0.349 e. The number of anilines is 1. The number of imidazole rings is 1. The Morgan fingerprint density at radius 2 is 1.93 bits per heavy atom. The van der Waals surface area contributed by atoms with Gasteiger partial charge < -0.3 is 10.6 Å². The van der Waals surface area contributed by atoms with Gasteiger partial charge in [0.2, 0.25) is 5.82 Å². The zero-order chi connectivity index (χ0) is 19.4. The van der Waals surface area contributed by atoms with E-state index in [2.05, 4.69) is 15.6 Å². The van der Waals surface area contributed by atoms with Crippen LogP contribution in [0.15, 0.2) is 42.6 Å². The molecule has 2 N–H and O–H groups in total. The first-order valence-electron chi connectivity index (χ1n) is 8.53. The molecule has 0 spiro atoms. The molecule has 3 aromatic rings. The summed E-state index contributed by atoms with van der Waals surface area (Å²) in [4.78, 5) is 29.2. The summed E-state index contributed by atoms with van der Waals surface area (Å²) in [5, 5.41) is 5.23. The number of pyridine rings is 1. The molecule has 6 nitrogen and oxygen atoms in total. The molecule has 0 bridgehead atoms. The molecule has 0 fully saturated rings. The Kier molecular flexibility index (Phi) is 5.44. The number of hydrogen-bond donors (Lipinski definition) is 2. The lowest BCUT2D eigenvalue weighted by molar-refractivity contribution is 0.0942. The summed E-state index contributed by atoms with van der Waals surface area (Å²) in [7, 11) is 0. The number of nitrogens with zero attached hydrogens (tertiary/aromatic N) is 2. The molecule has 0 saturated heterocycles. The van der Waals surface area contributed by atoms with E-state index in [1.807, 2.05) is 6.92 Å². The van der Waals surface area contributed by atoms with Gasteiger partial charge in [-0.15, -0.1) is 0 Å². The Labute approximate surface area is 154 Å². The number of fused-ring (bicyclic) bond motifs is 1. The molecule has 3 rings (SSSR count). The first-order chi connectivity index (χ1) is 13.0. The molecule has 2 heterocycles. The van der Waals surface area contributed by atoms with E-state index in [0.29, 0.717) is 12.1 Å². The Bertz CT molecular complexity index is 1000. The van der Waals surface area contributed by atoms with Crippen molar-refractivity contribution in [3.63, 3.8) is 0 Å². The van der Waals surface area contributed by atoms with Crippen LogP contribution in [0.4, 0.5) is 14.5 Å². The third-order valence-electron chi connectivity index (χ3n) is 3.96. The summed E-state index contributed by atoms with van der Waals surface area (Å²) in [6, 6.07) is 8.12. The van der Waals surface area contributed by atoms with Crippen LogP contribution in [0, 0.1) is 11.6 Å². The van der Waals surface area contributed by atoms with E-state index in [9.17, 15) is 18.4 Å². The third-order valence-corrected chi connectivity index (χ3v) is 3.96. The van der Waals surface area contributed by atoms with Gasteiger partial charge in [0.15, 0.2) is 17.3 Å². The smallest absolute Gasteiger partial charge is 0.287 e. The van der Waals surface area contributed by atoms with Gasteiger partial charge in [0, 0.05) is 24.5 Å². The Morgan fingerprint density at radius 3 is 2.67 bits per heavy atom. The average Bonchev–Trinajstić information content (AvgIpc) is 3.05. The van der Waals surface area contributed by atoms with Gasteiger partial charge >= 0.3 is 0 Å². The van der Waals surface area contributed by atoms with Crippen LogP contribution in [0.2, 0.25) is 0 Å². The van der Waals surface area contributed by atoms with Crippen molar-refractivity contribution in [3.8, 4) is 0 Å². The maximum Gasteiger partial charge on any atom is 0.287 e. The van der Waals surface area contributed by atoms with Crippen LogP contribution in [0.25, 0.3) is 5.52 Å². The number of unbranched alkanes of at least 4 members (excludes halogenated alkanes) is 1. The second-order valence-electron chi connectivity index (χ2n) is 5.93. The van der Waals surface area contributed by atoms with Crippen LogP contribution in [0.1, 0.15) is 40.9 Å². The van der Waals surface area contributed by atoms with Gasteiger partial charge in [-0.3, -0.25) is 14.0 Å². The van der Waals surface area contributed by atoms with Crippen LogP contribution in [0.5, 0.6) is 0 Å². The molecule has 140 valence electrons. The highest BCUT2D eigenvalue weighted by Crippen LogP contribution is 2.17. The second kappa shape index (κ2) is 7.94. The molecule has 0 saturated carbocycles. The molecule has 0 aliphatic heterocycles. The van der Waals surface area contributed by atoms with Gasteiger partial charge in [0.25, 0.3) is 11.8 Å². The molecule has 0 radical (unpaired) electrons. The van der Waals surface area contributed by atoms with Crippen LogP contribution >= 0.6 is 0 Å². The number of benzene rings is 1. The SMILES string of the molecule is CCCCNC(=O)c1nc(C(=O)Nc2ccc(F)c(F)c2)c2ccccn12. The number of amides is 2. The van der Waals surface area contributed by atoms with Gasteiger partial charge in [0.1, 0.15) is 0 Å². The largest absolute Gasteiger partial charge is 0.349 e. The van der Waals surface area contributed by atoms with Gasteiger partial charge in [-0.25, -0.2) is 13.8 Å². The zero-order valence-corrected chi connectivity index (χ0v) is 14.6. The van der Waals surface area contributed by atoms with Crippen LogP contribution in [0.3, 0.4) is 0 Å². The van der Waals surface area contributed by atoms with E-state index >= 15 is 0 Å². The highest BCUT2D eigenvalue weighted by molar-refractivity contribution is 6.08. The molecule has 1 aromatic carbocycles. The second-order valence-corrected chi connectivity index (χ2v) is 5.93. The summed E-state index contributed by atoms with van der Waals surface area (Å²) >= 11 is 0. The minimum absolute atomic E-state index is 0.0148. The van der Waals surface area contributed by atoms with Crippen molar-refractivity contribution in [1.82, 2.24) is 14.7 Å². The third kappa shape index (κ3) is 3.94. The Hall–Kier alpha value is -3.29. The molecular formula is C19H18F2N4O2. The first-order valence-corrected chi connectivity index (χ1v) is 8.53. The van der Waals surface area contributed by atoms with E-state index in [-0.39, 0.29) is 17.2 Å². The molecule has 2 amide bonds. The summed E-state index contributed by atoms with van der Waals surface area (Å²) in [6.45, 7) is 2.52. The highest BCUT2D eigenvalue weighted by Gasteiger charge is 2.21. The van der Waals surface area contributed by atoms with Crippen molar-refractivity contribution >= 4 is 23.0 Å². The van der Waals surface area contributed by atoms with Gasteiger partial charge in [-0.05, 0) is 30.7 Å². The predicted molar refractivity (Wildman–Crippen MR) is 96.7 cm³/mol. The molecule has 0 atom stereocenters. The topological polar surface area (TPSA) is 75.5 Å². The van der Waals surface area contributed by atoms with E-state index in [1.54, 1.807) is 24.4 Å². The van der Waals surface area contributed by atoms with Crippen molar-refractivity contribution in [2.24, 2.45) is 0 Å². The maximum absolute atomic E-state index is 13.3. The zero-order valence-electron chi connectivity index (χ0n) is 14.6. The van der Waals surface area contributed by atoms with Crippen molar-refractivity contribution in [2.75, 3.05) is 11.9 Å². The van der Waals surface area contributed by atoms with Crippen LogP contribution in [-0.2, 0) is 0 Å². The van der Waals surface area contributed by atoms with Crippen LogP contribution < -0.4 is 10.6 Å². The van der Waals surface area contributed by atoms with Gasteiger partial charge in [0.05, 0.1) is 5.52 Å². The summed E-state index contributed by atoms with van der Waals surface area (Å²) < 4.78 is 27.9. The van der Waals surface area contributed by atoms with Crippen molar-refractivity contribution in [2.45, 2.75) is 19.8 Å². The lowest BCUT2D eigenvalue weighted by Gasteiger charge is -2.04. The van der Waals surface area contributed by atoms with E-state index in [4.69, 9.17) is 0 Å². The fourth-order valence-corrected chi connectivity index (χ4v) is 2.59. The number of carbonyl (C=O) groups excluding carboxylic acids is 2. The lowest BCUT2D eigenvalue weighted by Crippen LogP contribution is -2.26. The molecule has 0 aliphatic carbocycles. The van der Waals surface area contributed by atoms with E-state index in [0.717, 1.165) is 25.0 Å². The lowest BCUT2D eigenvalue weighted by atomic mass is 10.2. The fourth-order valence-electron chi connectivity index (χ4n) is 2.59. The summed E-state index contributed by atoms with van der Waals surface area (Å²) in [5.41, 5.74) is 0.532. The van der Waals surface area contributed by atoms with Crippen molar-refractivity contribution in [1.29, 1.82) is 0 Å². The first kappa shape index (κ1) is 18.5. The number of nitrogens with one attached hydrogen (secondary N) is 2. The molecule has 27 heavy (non-hydrogen) atoms. The molecular weight excluding hydrogens is 354 g/mol. The normalized spacial score (nSPS) is 10.8. The number of carbonyl (C=O) groups is 2. The molecule has 2 aromatic heterocycles. The maximum atomic E-state index is 13.3. The Morgan fingerprint density at radius 1 is 1.11 bits per heavy atom. The van der Waals surface area contributed by atoms with E-state index < -0.39 is 23.4 Å². The molecule has 0 unspecified atom stereocenters. The minimum atomic E-state index is -1.07. The monoisotopic (exact) mass is 372 g/mol. The number of aromatic nitrogens is 2. The number of halogens is 2. The predicted octanol–water partition coefficient (Wildman–Crippen LogP) is 3.39. The number of hydrogen-bond acceptors (Lipinski definition) is 3. The standard InChI is InChI=1S/C19H18F2N4O2/c1-2-3-9-22-19(27)17-24-16(15-6-4-5-10-25(15)17)18(26)23-12-7-8-13(20)14(21)11-12/h4-8,10-11H,2-3,9H2,1H3,(H,22,27)(H,23,26). The van der Waals surface area contributed by atoms with E-state index in [1.165, 1.54) is 10.5 Å². The summed E-state index contributed by atoms with van der Waals surface area (Å²) in [5.74, 6) is -3.02. The van der Waals surface area contributed by atoms with Gasteiger partial charge in [-0.2, -0.15) is 0 Å². The molecule has 0 aliphatic rings.